The van der Waals surface area contributed by atoms with Gasteiger partial charge in [-0.2, -0.15) is 0 Å². The summed E-state index contributed by atoms with van der Waals surface area (Å²) in [6, 6.07) is 0. The molecule has 0 radical (unpaired) electrons. The Labute approximate surface area is 121 Å². The molecule has 0 rings (SSSR count). The molecule has 0 aromatic rings. The molecule has 2 nitrogen and oxygen atoms in total. The van der Waals surface area contributed by atoms with Gasteiger partial charge in [0.15, 0.2) is 0 Å². The fourth-order valence-corrected chi connectivity index (χ4v) is 2.20. The third-order valence-electron chi connectivity index (χ3n) is 3.17. The summed E-state index contributed by atoms with van der Waals surface area (Å²) in [5.74, 6) is -0.123. The van der Waals surface area contributed by atoms with Crippen molar-refractivity contribution in [1.82, 2.24) is 0 Å². The average molecular weight is 321 g/mol. The Balaban J connectivity index is 3.68. The van der Waals surface area contributed by atoms with Gasteiger partial charge in [-0.1, -0.05) is 74.7 Å². The van der Waals surface area contributed by atoms with Crippen LogP contribution in [0.15, 0.2) is 0 Å². The molecular weight excluding hydrogens is 292 g/mol. The van der Waals surface area contributed by atoms with Gasteiger partial charge in [0.2, 0.25) is 0 Å². The predicted molar refractivity (Wildman–Crippen MR) is 81.2 cm³/mol. The van der Waals surface area contributed by atoms with E-state index >= 15 is 0 Å². The second-order valence-electron chi connectivity index (χ2n) is 4.94. The third kappa shape index (κ3) is 11.1. The molecule has 108 valence electrons. The molecule has 0 fully saturated rings. The molecule has 0 N–H and O–H groups in total. The Kier molecular flexibility index (Phi) is 13.3. The molecule has 1 unspecified atom stereocenters. The fraction of sp³-hybridized carbons (Fsp3) is 0.933. The van der Waals surface area contributed by atoms with E-state index in [0.29, 0.717) is 5.33 Å². The Morgan fingerprint density at radius 2 is 1.50 bits per heavy atom. The smallest absolute Gasteiger partial charge is 0.316 e. The van der Waals surface area contributed by atoms with Crippen LogP contribution in [0.25, 0.3) is 0 Å². The van der Waals surface area contributed by atoms with E-state index in [9.17, 15) is 4.79 Å². The summed E-state index contributed by atoms with van der Waals surface area (Å²) in [6.45, 7) is 4.41. The van der Waals surface area contributed by atoms with Crippen molar-refractivity contribution in [2.24, 2.45) is 0 Å². The van der Waals surface area contributed by atoms with Gasteiger partial charge < -0.3 is 4.74 Å². The minimum absolute atomic E-state index is 0.123. The summed E-state index contributed by atoms with van der Waals surface area (Å²) in [6.07, 6.45) is 12.3. The van der Waals surface area contributed by atoms with Crippen molar-refractivity contribution < 1.29 is 9.53 Å². The van der Waals surface area contributed by atoms with Crippen molar-refractivity contribution in [2.45, 2.75) is 84.2 Å². The number of alkyl halides is 1. The largest absolute Gasteiger partial charge is 0.462 e. The zero-order valence-electron chi connectivity index (χ0n) is 12.0. The van der Waals surface area contributed by atoms with Crippen LogP contribution in [0.2, 0.25) is 0 Å². The van der Waals surface area contributed by atoms with Crippen molar-refractivity contribution in [3.05, 3.63) is 0 Å². The average Bonchev–Trinajstić information content (AvgIpc) is 2.39. The van der Waals surface area contributed by atoms with Crippen molar-refractivity contribution in [1.29, 1.82) is 0 Å². The molecule has 0 aliphatic heterocycles. The van der Waals surface area contributed by atoms with E-state index in [4.69, 9.17) is 4.74 Å². The highest BCUT2D eigenvalue weighted by Crippen LogP contribution is 2.15. The van der Waals surface area contributed by atoms with Crippen LogP contribution in [0, 0.1) is 0 Å². The number of ether oxygens (including phenoxy) is 1. The first-order valence-corrected chi connectivity index (χ1v) is 8.62. The summed E-state index contributed by atoms with van der Waals surface area (Å²) in [5.41, 5.74) is 0. The lowest BCUT2D eigenvalue weighted by Crippen LogP contribution is -2.19. The van der Waals surface area contributed by atoms with E-state index in [2.05, 4.69) is 29.8 Å². The van der Waals surface area contributed by atoms with Crippen LogP contribution in [-0.4, -0.2) is 17.4 Å². The van der Waals surface area contributed by atoms with Crippen molar-refractivity contribution in [2.75, 3.05) is 5.33 Å². The topological polar surface area (TPSA) is 26.3 Å². The first kappa shape index (κ1) is 17.9. The zero-order chi connectivity index (χ0) is 13.6. The van der Waals surface area contributed by atoms with Crippen molar-refractivity contribution >= 4 is 21.9 Å². The summed E-state index contributed by atoms with van der Waals surface area (Å²) in [5, 5.41) is 0.312. The van der Waals surface area contributed by atoms with Crippen LogP contribution >= 0.6 is 15.9 Å². The molecule has 0 spiro atoms. The van der Waals surface area contributed by atoms with Gasteiger partial charge in [0.05, 0.1) is 0 Å². The quantitative estimate of drug-likeness (QED) is 0.279. The normalized spacial score (nSPS) is 12.4. The zero-order valence-corrected chi connectivity index (χ0v) is 13.6. The van der Waals surface area contributed by atoms with Gasteiger partial charge in [0.1, 0.15) is 11.4 Å². The van der Waals surface area contributed by atoms with Gasteiger partial charge in [-0.3, -0.25) is 4.79 Å². The number of hydrogen-bond donors (Lipinski definition) is 0. The SMILES string of the molecule is CCCCCCCCC(CCCC)OC(=O)CBr. The molecule has 0 heterocycles. The molecule has 0 aliphatic carbocycles. The molecule has 0 bridgehead atoms. The summed E-state index contributed by atoms with van der Waals surface area (Å²) in [7, 11) is 0. The van der Waals surface area contributed by atoms with Gasteiger partial charge in [0.25, 0.3) is 0 Å². The first-order valence-electron chi connectivity index (χ1n) is 7.50. The van der Waals surface area contributed by atoms with Crippen LogP contribution in [0.5, 0.6) is 0 Å². The molecule has 0 amide bonds. The molecule has 18 heavy (non-hydrogen) atoms. The highest BCUT2D eigenvalue weighted by Gasteiger charge is 2.12. The third-order valence-corrected chi connectivity index (χ3v) is 3.62. The van der Waals surface area contributed by atoms with Gasteiger partial charge in [0, 0.05) is 0 Å². The Morgan fingerprint density at radius 3 is 2.11 bits per heavy atom. The number of carbonyl (C=O) groups excluding carboxylic acids is 1. The fourth-order valence-electron chi connectivity index (χ4n) is 2.06. The second kappa shape index (κ2) is 13.4. The highest BCUT2D eigenvalue weighted by molar-refractivity contribution is 9.09. The monoisotopic (exact) mass is 320 g/mol. The van der Waals surface area contributed by atoms with Crippen LogP contribution < -0.4 is 0 Å². The molecule has 0 saturated heterocycles. The Bertz CT molecular complexity index is 195. The van der Waals surface area contributed by atoms with E-state index in [1.807, 2.05) is 0 Å². The van der Waals surface area contributed by atoms with Gasteiger partial charge in [-0.05, 0) is 19.3 Å². The summed E-state index contributed by atoms with van der Waals surface area (Å²) in [4.78, 5) is 11.3. The predicted octanol–water partition coefficient (Wildman–Crippen LogP) is 5.23. The Morgan fingerprint density at radius 1 is 0.944 bits per heavy atom. The Hall–Kier alpha value is -0.0500. The van der Waals surface area contributed by atoms with Gasteiger partial charge in [-0.15, -0.1) is 0 Å². The molecular formula is C15H29BrO2. The maximum Gasteiger partial charge on any atom is 0.316 e. The van der Waals surface area contributed by atoms with Crippen LogP contribution in [0.3, 0.4) is 0 Å². The number of carbonyl (C=O) groups is 1. The minimum Gasteiger partial charge on any atom is -0.462 e. The lowest BCUT2D eigenvalue weighted by Gasteiger charge is -2.17. The van der Waals surface area contributed by atoms with Gasteiger partial charge in [-0.25, -0.2) is 0 Å². The maximum atomic E-state index is 11.3. The summed E-state index contributed by atoms with van der Waals surface area (Å²) >= 11 is 3.15. The molecule has 1 atom stereocenters. The minimum atomic E-state index is -0.123. The van der Waals surface area contributed by atoms with E-state index in [1.54, 1.807) is 0 Å². The lowest BCUT2D eigenvalue weighted by atomic mass is 10.0. The first-order chi connectivity index (χ1) is 8.74. The number of esters is 1. The van der Waals surface area contributed by atoms with Gasteiger partial charge >= 0.3 is 5.97 Å². The van der Waals surface area contributed by atoms with Crippen molar-refractivity contribution in [3.8, 4) is 0 Å². The highest BCUT2D eigenvalue weighted by atomic mass is 79.9. The molecule has 0 aromatic carbocycles. The number of rotatable bonds is 12. The van der Waals surface area contributed by atoms with E-state index in [0.717, 1.165) is 19.3 Å². The maximum absolute atomic E-state index is 11.3. The second-order valence-corrected chi connectivity index (χ2v) is 5.50. The van der Waals surface area contributed by atoms with Crippen LogP contribution in [0.4, 0.5) is 0 Å². The number of halogens is 1. The number of hydrogen-bond acceptors (Lipinski definition) is 2. The van der Waals surface area contributed by atoms with E-state index in [1.165, 1.54) is 44.9 Å². The van der Waals surface area contributed by atoms with Crippen LogP contribution in [-0.2, 0) is 9.53 Å². The number of unbranched alkanes of at least 4 members (excludes halogenated alkanes) is 6. The van der Waals surface area contributed by atoms with Crippen LogP contribution in [0.1, 0.15) is 78.1 Å². The summed E-state index contributed by atoms with van der Waals surface area (Å²) < 4.78 is 5.44. The molecule has 0 saturated carbocycles. The lowest BCUT2D eigenvalue weighted by molar-refractivity contribution is -0.146. The molecule has 0 aliphatic rings. The van der Waals surface area contributed by atoms with E-state index in [-0.39, 0.29) is 12.1 Å². The van der Waals surface area contributed by atoms with E-state index < -0.39 is 0 Å². The molecule has 3 heteroatoms. The van der Waals surface area contributed by atoms with Crippen molar-refractivity contribution in [3.63, 3.8) is 0 Å². The molecule has 0 aromatic heterocycles. The standard InChI is InChI=1S/C15H29BrO2/c1-3-5-7-8-9-10-12-14(11-6-4-2)18-15(17)13-16/h14H,3-13H2,1-2H3.